The lowest BCUT2D eigenvalue weighted by Crippen LogP contribution is -2.19. The van der Waals surface area contributed by atoms with E-state index >= 15 is 0 Å². The topological polar surface area (TPSA) is 75.6 Å². The summed E-state index contributed by atoms with van der Waals surface area (Å²) in [5.41, 5.74) is 6.31. The van der Waals surface area contributed by atoms with Crippen LogP contribution in [0.4, 0.5) is 11.4 Å². The SMILES string of the molecule is S=C(Nc1ccc2nc3c4cccnc4c4ncccc4c3nc2c1)Nc1ccccc1Cl. The van der Waals surface area contributed by atoms with Crippen LogP contribution in [0.15, 0.2) is 79.1 Å². The number of hydrogen-bond donors (Lipinski definition) is 2. The van der Waals surface area contributed by atoms with Gasteiger partial charge in [0.2, 0.25) is 0 Å². The first-order valence-electron chi connectivity index (χ1n) is 10.2. The van der Waals surface area contributed by atoms with Gasteiger partial charge in [-0.15, -0.1) is 0 Å². The lowest BCUT2D eigenvalue weighted by Gasteiger charge is -2.12. The van der Waals surface area contributed by atoms with Crippen molar-refractivity contribution in [1.29, 1.82) is 0 Å². The van der Waals surface area contributed by atoms with Crippen molar-refractivity contribution < 1.29 is 0 Å². The first kappa shape index (κ1) is 19.7. The zero-order valence-corrected chi connectivity index (χ0v) is 18.7. The Kier molecular flexibility index (Phi) is 4.71. The second kappa shape index (κ2) is 7.88. The van der Waals surface area contributed by atoms with Crippen molar-refractivity contribution in [1.82, 2.24) is 19.9 Å². The zero-order valence-electron chi connectivity index (χ0n) is 17.1. The van der Waals surface area contributed by atoms with Gasteiger partial charge in [-0.2, -0.15) is 0 Å². The minimum atomic E-state index is 0.433. The monoisotopic (exact) mass is 466 g/mol. The number of benzene rings is 3. The van der Waals surface area contributed by atoms with E-state index in [9.17, 15) is 0 Å². The van der Waals surface area contributed by atoms with Crippen LogP contribution in [0.2, 0.25) is 5.02 Å². The van der Waals surface area contributed by atoms with E-state index in [-0.39, 0.29) is 0 Å². The standard InChI is InChI=1S/C25H15ClN6S/c26-17-7-1-2-8-18(17)32-25(33)29-14-9-10-19-20(13-14)31-24-16-6-4-12-28-22(16)21-15(23(24)30-19)5-3-11-27-21/h1-13H,(H2,29,32,33). The number of aromatic nitrogens is 4. The average molecular weight is 467 g/mol. The molecule has 2 N–H and O–H groups in total. The Morgan fingerprint density at radius 1 is 0.697 bits per heavy atom. The molecule has 0 amide bonds. The molecule has 158 valence electrons. The maximum atomic E-state index is 6.22. The van der Waals surface area contributed by atoms with Crippen LogP contribution in [-0.4, -0.2) is 25.0 Å². The van der Waals surface area contributed by atoms with E-state index in [0.29, 0.717) is 10.1 Å². The lowest BCUT2D eigenvalue weighted by molar-refractivity contribution is 1.36. The molecule has 6 rings (SSSR count). The summed E-state index contributed by atoms with van der Waals surface area (Å²) < 4.78 is 0. The highest BCUT2D eigenvalue weighted by molar-refractivity contribution is 7.80. The Hall–Kier alpha value is -3.94. The predicted octanol–water partition coefficient (Wildman–Crippen LogP) is 6.34. The van der Waals surface area contributed by atoms with Crippen molar-refractivity contribution in [2.24, 2.45) is 0 Å². The van der Waals surface area contributed by atoms with Crippen LogP contribution in [0, 0.1) is 0 Å². The van der Waals surface area contributed by atoms with Crippen molar-refractivity contribution >= 4 is 84.2 Å². The number of thiocarbonyl (C=S) groups is 1. The van der Waals surface area contributed by atoms with E-state index < -0.39 is 0 Å². The van der Waals surface area contributed by atoms with Gasteiger partial charge in [-0.25, -0.2) is 9.97 Å². The fraction of sp³-hybridized carbons (Fsp3) is 0. The molecule has 0 bridgehead atoms. The van der Waals surface area contributed by atoms with Crippen LogP contribution >= 0.6 is 23.8 Å². The van der Waals surface area contributed by atoms with Gasteiger partial charge in [-0.1, -0.05) is 23.7 Å². The molecule has 0 fully saturated rings. The Balaban J connectivity index is 1.45. The summed E-state index contributed by atoms with van der Waals surface area (Å²) in [5, 5.41) is 9.19. The minimum Gasteiger partial charge on any atom is -0.332 e. The number of halogens is 1. The highest BCUT2D eigenvalue weighted by Gasteiger charge is 2.14. The average Bonchev–Trinajstić information content (AvgIpc) is 2.84. The Morgan fingerprint density at radius 3 is 2.06 bits per heavy atom. The van der Waals surface area contributed by atoms with Gasteiger partial charge in [0.1, 0.15) is 0 Å². The predicted molar refractivity (Wildman–Crippen MR) is 139 cm³/mol. The molecule has 0 aliphatic carbocycles. The molecule has 8 heteroatoms. The summed E-state index contributed by atoms with van der Waals surface area (Å²) >= 11 is 11.7. The van der Waals surface area contributed by atoms with Crippen molar-refractivity contribution in [2.75, 3.05) is 10.6 Å². The molecule has 0 aliphatic heterocycles. The molecule has 0 saturated heterocycles. The normalized spacial score (nSPS) is 11.3. The molecular weight excluding hydrogens is 452 g/mol. The van der Waals surface area contributed by atoms with Crippen molar-refractivity contribution in [2.45, 2.75) is 0 Å². The van der Waals surface area contributed by atoms with E-state index in [1.54, 1.807) is 12.4 Å². The Morgan fingerprint density at radius 2 is 1.36 bits per heavy atom. The van der Waals surface area contributed by atoms with Crippen LogP contribution in [0.5, 0.6) is 0 Å². The second-order valence-electron chi connectivity index (χ2n) is 7.48. The molecule has 0 saturated carbocycles. The minimum absolute atomic E-state index is 0.433. The number of rotatable bonds is 2. The molecule has 0 aliphatic rings. The van der Waals surface area contributed by atoms with Crippen molar-refractivity contribution in [3.05, 3.63) is 84.1 Å². The molecule has 6 nitrogen and oxygen atoms in total. The quantitative estimate of drug-likeness (QED) is 0.175. The van der Waals surface area contributed by atoms with Gasteiger partial charge in [-0.3, -0.25) is 9.97 Å². The van der Waals surface area contributed by atoms with Crippen LogP contribution < -0.4 is 10.6 Å². The van der Waals surface area contributed by atoms with Gasteiger partial charge in [0, 0.05) is 28.9 Å². The third kappa shape index (κ3) is 3.47. The summed E-state index contributed by atoms with van der Waals surface area (Å²) in [7, 11) is 0. The molecule has 6 aromatic rings. The summed E-state index contributed by atoms with van der Waals surface area (Å²) in [6, 6.07) is 21.0. The zero-order chi connectivity index (χ0) is 22.4. The second-order valence-corrected chi connectivity index (χ2v) is 8.30. The number of pyridine rings is 2. The fourth-order valence-electron chi connectivity index (χ4n) is 3.93. The highest BCUT2D eigenvalue weighted by Crippen LogP contribution is 2.32. The van der Waals surface area contributed by atoms with E-state index in [4.69, 9.17) is 33.8 Å². The maximum absolute atomic E-state index is 6.22. The summed E-state index contributed by atoms with van der Waals surface area (Å²) in [4.78, 5) is 19.0. The van der Waals surface area contributed by atoms with Gasteiger partial charge in [-0.05, 0) is 66.8 Å². The summed E-state index contributed by atoms with van der Waals surface area (Å²) in [6.07, 6.45) is 3.54. The van der Waals surface area contributed by atoms with Crippen LogP contribution in [-0.2, 0) is 0 Å². The molecule has 3 aromatic heterocycles. The summed E-state index contributed by atoms with van der Waals surface area (Å²) in [6.45, 7) is 0. The molecule has 0 spiro atoms. The summed E-state index contributed by atoms with van der Waals surface area (Å²) in [5.74, 6) is 0. The third-order valence-electron chi connectivity index (χ3n) is 5.39. The van der Waals surface area contributed by atoms with Gasteiger partial charge >= 0.3 is 0 Å². The van der Waals surface area contributed by atoms with Crippen LogP contribution in [0.1, 0.15) is 0 Å². The molecular formula is C25H15ClN6S. The van der Waals surface area contributed by atoms with E-state index in [1.807, 2.05) is 66.7 Å². The molecule has 0 unspecified atom stereocenters. The Labute approximate surface area is 198 Å². The maximum Gasteiger partial charge on any atom is 0.175 e. The molecule has 0 radical (unpaired) electrons. The van der Waals surface area contributed by atoms with Gasteiger partial charge < -0.3 is 10.6 Å². The van der Waals surface area contributed by atoms with Gasteiger partial charge in [0.15, 0.2) is 5.11 Å². The Bertz CT molecular complexity index is 1720. The van der Waals surface area contributed by atoms with Crippen molar-refractivity contribution in [3.8, 4) is 0 Å². The molecule has 3 heterocycles. The first-order chi connectivity index (χ1) is 16.2. The van der Waals surface area contributed by atoms with Gasteiger partial charge in [0.25, 0.3) is 0 Å². The number of nitrogens with zero attached hydrogens (tertiary/aromatic N) is 4. The van der Waals surface area contributed by atoms with Gasteiger partial charge in [0.05, 0.1) is 43.8 Å². The van der Waals surface area contributed by atoms with Crippen LogP contribution in [0.3, 0.4) is 0 Å². The number of nitrogens with one attached hydrogen (secondary N) is 2. The highest BCUT2D eigenvalue weighted by atomic mass is 35.5. The first-order valence-corrected chi connectivity index (χ1v) is 11.0. The fourth-order valence-corrected chi connectivity index (χ4v) is 4.34. The number of anilines is 2. The van der Waals surface area contributed by atoms with E-state index in [0.717, 1.165) is 55.2 Å². The number of para-hydroxylation sites is 1. The van der Waals surface area contributed by atoms with E-state index in [2.05, 4.69) is 20.6 Å². The molecule has 3 aromatic carbocycles. The number of fused-ring (bicyclic) bond motifs is 7. The smallest absolute Gasteiger partial charge is 0.175 e. The molecule has 0 atom stereocenters. The number of hydrogen-bond acceptors (Lipinski definition) is 5. The molecule has 33 heavy (non-hydrogen) atoms. The van der Waals surface area contributed by atoms with Crippen molar-refractivity contribution in [3.63, 3.8) is 0 Å². The third-order valence-corrected chi connectivity index (χ3v) is 5.93. The van der Waals surface area contributed by atoms with E-state index in [1.165, 1.54) is 0 Å². The lowest BCUT2D eigenvalue weighted by atomic mass is 10.1. The van der Waals surface area contributed by atoms with Crippen LogP contribution in [0.25, 0.3) is 43.9 Å². The largest absolute Gasteiger partial charge is 0.332 e.